The van der Waals surface area contributed by atoms with Gasteiger partial charge in [-0.25, -0.2) is 9.97 Å². The van der Waals surface area contributed by atoms with Crippen LogP contribution in [0.5, 0.6) is 11.8 Å². The maximum absolute atomic E-state index is 5.73. The first-order valence-corrected chi connectivity index (χ1v) is 7.26. The van der Waals surface area contributed by atoms with Gasteiger partial charge in [0.25, 0.3) is 0 Å². The summed E-state index contributed by atoms with van der Waals surface area (Å²) in [6.07, 6.45) is 0. The summed E-state index contributed by atoms with van der Waals surface area (Å²) in [4.78, 5) is 10.9. The van der Waals surface area contributed by atoms with E-state index in [0.29, 0.717) is 6.01 Å². The summed E-state index contributed by atoms with van der Waals surface area (Å²) in [5, 5.41) is 3.36. The third-order valence-electron chi connectivity index (χ3n) is 3.49. The molecule has 110 valence electrons. The number of ether oxygens (including phenoxy) is 1. The molecule has 21 heavy (non-hydrogen) atoms. The SMILES string of the molecule is Cc1cc(C)nc(Oc2ccc(N3CCNCC3)cc2)n1. The summed E-state index contributed by atoms with van der Waals surface area (Å²) < 4.78 is 5.73. The van der Waals surface area contributed by atoms with E-state index in [-0.39, 0.29) is 0 Å². The number of aryl methyl sites for hydroxylation is 2. The zero-order chi connectivity index (χ0) is 14.7. The second-order valence-corrected chi connectivity index (χ2v) is 5.27. The van der Waals surface area contributed by atoms with Crippen LogP contribution in [0.2, 0.25) is 0 Å². The topological polar surface area (TPSA) is 50.3 Å². The lowest BCUT2D eigenvalue weighted by molar-refractivity contribution is 0.439. The van der Waals surface area contributed by atoms with Crippen molar-refractivity contribution in [1.82, 2.24) is 15.3 Å². The molecule has 1 aliphatic heterocycles. The van der Waals surface area contributed by atoms with E-state index in [1.54, 1.807) is 0 Å². The molecule has 1 saturated heterocycles. The number of anilines is 1. The summed E-state index contributed by atoms with van der Waals surface area (Å²) in [6.45, 7) is 8.04. The van der Waals surface area contributed by atoms with Gasteiger partial charge < -0.3 is 15.0 Å². The van der Waals surface area contributed by atoms with E-state index in [9.17, 15) is 0 Å². The number of rotatable bonds is 3. The van der Waals surface area contributed by atoms with Gasteiger partial charge in [0.15, 0.2) is 0 Å². The second-order valence-electron chi connectivity index (χ2n) is 5.27. The average molecular weight is 284 g/mol. The molecule has 1 aromatic heterocycles. The van der Waals surface area contributed by atoms with E-state index in [4.69, 9.17) is 4.74 Å². The van der Waals surface area contributed by atoms with E-state index < -0.39 is 0 Å². The molecule has 0 amide bonds. The summed E-state index contributed by atoms with van der Waals surface area (Å²) in [7, 11) is 0. The van der Waals surface area contributed by atoms with Crippen LogP contribution in [0.15, 0.2) is 30.3 Å². The molecule has 0 bridgehead atoms. The summed E-state index contributed by atoms with van der Waals surface area (Å²) >= 11 is 0. The number of aromatic nitrogens is 2. The van der Waals surface area contributed by atoms with E-state index in [2.05, 4.69) is 32.3 Å². The van der Waals surface area contributed by atoms with Crippen LogP contribution in [-0.4, -0.2) is 36.1 Å². The Balaban J connectivity index is 1.71. The minimum absolute atomic E-state index is 0.405. The molecular formula is C16H20N4O. The number of hydrogen-bond acceptors (Lipinski definition) is 5. The molecule has 5 nitrogen and oxygen atoms in total. The quantitative estimate of drug-likeness (QED) is 0.937. The molecule has 0 spiro atoms. The van der Waals surface area contributed by atoms with E-state index >= 15 is 0 Å². The van der Waals surface area contributed by atoms with Gasteiger partial charge in [-0.15, -0.1) is 0 Å². The number of benzene rings is 1. The van der Waals surface area contributed by atoms with E-state index in [1.165, 1.54) is 5.69 Å². The standard InChI is InChI=1S/C16H20N4O/c1-12-11-13(2)19-16(18-12)21-15-5-3-14(4-6-15)20-9-7-17-8-10-20/h3-6,11,17H,7-10H2,1-2H3. The maximum Gasteiger partial charge on any atom is 0.322 e. The van der Waals surface area contributed by atoms with Crippen molar-refractivity contribution in [2.75, 3.05) is 31.1 Å². The molecule has 2 aromatic rings. The van der Waals surface area contributed by atoms with Gasteiger partial charge in [0.2, 0.25) is 0 Å². The van der Waals surface area contributed by atoms with Crippen molar-refractivity contribution < 1.29 is 4.74 Å². The fourth-order valence-corrected chi connectivity index (χ4v) is 2.49. The molecule has 1 aromatic carbocycles. The fourth-order valence-electron chi connectivity index (χ4n) is 2.49. The smallest absolute Gasteiger partial charge is 0.322 e. The lowest BCUT2D eigenvalue weighted by atomic mass is 10.2. The summed E-state index contributed by atoms with van der Waals surface area (Å²) in [5.74, 6) is 0.763. The van der Waals surface area contributed by atoms with Gasteiger partial charge in [0, 0.05) is 43.3 Å². The third-order valence-corrected chi connectivity index (χ3v) is 3.49. The monoisotopic (exact) mass is 284 g/mol. The molecule has 3 rings (SSSR count). The second kappa shape index (κ2) is 6.10. The molecule has 0 unspecified atom stereocenters. The Bertz CT molecular complexity index is 586. The summed E-state index contributed by atoms with van der Waals surface area (Å²) in [6, 6.07) is 10.5. The Hall–Kier alpha value is -2.14. The van der Waals surface area contributed by atoms with Crippen molar-refractivity contribution in [2.24, 2.45) is 0 Å². The van der Waals surface area contributed by atoms with Gasteiger partial charge in [0.05, 0.1) is 0 Å². The first-order chi connectivity index (χ1) is 10.2. The van der Waals surface area contributed by atoms with Gasteiger partial charge >= 0.3 is 6.01 Å². The number of piperazine rings is 1. The highest BCUT2D eigenvalue weighted by atomic mass is 16.5. The Morgan fingerprint density at radius 1 is 1.00 bits per heavy atom. The van der Waals surface area contributed by atoms with Crippen molar-refractivity contribution >= 4 is 5.69 Å². The minimum atomic E-state index is 0.405. The van der Waals surface area contributed by atoms with Crippen LogP contribution in [0, 0.1) is 13.8 Å². The number of hydrogen-bond donors (Lipinski definition) is 1. The van der Waals surface area contributed by atoms with Crippen LogP contribution in [-0.2, 0) is 0 Å². The van der Waals surface area contributed by atoms with Crippen molar-refractivity contribution in [3.8, 4) is 11.8 Å². The van der Waals surface area contributed by atoms with Crippen LogP contribution in [0.25, 0.3) is 0 Å². The largest absolute Gasteiger partial charge is 0.424 e. The van der Waals surface area contributed by atoms with Crippen LogP contribution in [0.1, 0.15) is 11.4 Å². The van der Waals surface area contributed by atoms with Crippen LogP contribution in [0.4, 0.5) is 5.69 Å². The zero-order valence-corrected chi connectivity index (χ0v) is 12.5. The summed E-state index contributed by atoms with van der Waals surface area (Å²) in [5.41, 5.74) is 3.05. The van der Waals surface area contributed by atoms with E-state index in [1.807, 2.05) is 32.0 Å². The lowest BCUT2D eigenvalue weighted by Crippen LogP contribution is -2.43. The van der Waals surface area contributed by atoms with Gasteiger partial charge in [-0.2, -0.15) is 0 Å². The Labute approximate surface area is 125 Å². The van der Waals surface area contributed by atoms with Crippen molar-refractivity contribution in [3.05, 3.63) is 41.7 Å². The molecule has 1 fully saturated rings. The van der Waals surface area contributed by atoms with Crippen molar-refractivity contribution in [1.29, 1.82) is 0 Å². The molecule has 5 heteroatoms. The molecular weight excluding hydrogens is 264 g/mol. The molecule has 0 atom stereocenters. The normalized spacial score (nSPS) is 15.0. The Morgan fingerprint density at radius 3 is 2.24 bits per heavy atom. The van der Waals surface area contributed by atoms with Crippen LogP contribution in [0.3, 0.4) is 0 Å². The number of nitrogens with one attached hydrogen (secondary N) is 1. The molecule has 0 aliphatic carbocycles. The first-order valence-electron chi connectivity index (χ1n) is 7.26. The predicted molar refractivity (Wildman–Crippen MR) is 83.1 cm³/mol. The predicted octanol–water partition coefficient (Wildman–Crippen LogP) is 2.30. The van der Waals surface area contributed by atoms with Gasteiger partial charge in [-0.3, -0.25) is 0 Å². The zero-order valence-electron chi connectivity index (χ0n) is 12.5. The molecule has 0 saturated carbocycles. The van der Waals surface area contributed by atoms with E-state index in [0.717, 1.165) is 43.3 Å². The minimum Gasteiger partial charge on any atom is -0.424 e. The van der Waals surface area contributed by atoms with Crippen molar-refractivity contribution in [2.45, 2.75) is 13.8 Å². The van der Waals surface area contributed by atoms with Crippen molar-refractivity contribution in [3.63, 3.8) is 0 Å². The molecule has 2 heterocycles. The molecule has 1 aliphatic rings. The van der Waals surface area contributed by atoms with Crippen LogP contribution >= 0.6 is 0 Å². The lowest BCUT2D eigenvalue weighted by Gasteiger charge is -2.29. The highest BCUT2D eigenvalue weighted by Gasteiger charge is 2.10. The average Bonchev–Trinajstić information content (AvgIpc) is 2.48. The molecule has 1 N–H and O–H groups in total. The van der Waals surface area contributed by atoms with Gasteiger partial charge in [-0.1, -0.05) is 0 Å². The third kappa shape index (κ3) is 3.49. The maximum atomic E-state index is 5.73. The molecule has 0 radical (unpaired) electrons. The Kier molecular flexibility index (Phi) is 4.01. The first kappa shape index (κ1) is 13.8. The fraction of sp³-hybridized carbons (Fsp3) is 0.375. The number of nitrogens with zero attached hydrogens (tertiary/aromatic N) is 3. The highest BCUT2D eigenvalue weighted by Crippen LogP contribution is 2.23. The Morgan fingerprint density at radius 2 is 1.62 bits per heavy atom. The van der Waals surface area contributed by atoms with Crippen LogP contribution < -0.4 is 15.0 Å². The van der Waals surface area contributed by atoms with Gasteiger partial charge in [0.1, 0.15) is 5.75 Å². The highest BCUT2D eigenvalue weighted by molar-refractivity contribution is 5.49. The van der Waals surface area contributed by atoms with Gasteiger partial charge in [-0.05, 0) is 44.2 Å².